The maximum absolute atomic E-state index is 12.8. The minimum atomic E-state index is -3.87. The van der Waals surface area contributed by atoms with Gasteiger partial charge in [-0.15, -0.1) is 0 Å². The van der Waals surface area contributed by atoms with Crippen molar-refractivity contribution >= 4 is 15.7 Å². The molecule has 0 amide bonds. The zero-order chi connectivity index (χ0) is 16.0. The number of nitrogens with zero attached hydrogens (tertiary/aromatic N) is 2. The van der Waals surface area contributed by atoms with Gasteiger partial charge in [-0.05, 0) is 25.3 Å². The number of rotatable bonds is 3. The van der Waals surface area contributed by atoms with Crippen LogP contribution < -0.4 is 5.73 Å². The highest BCUT2D eigenvalue weighted by Gasteiger charge is 2.49. The Labute approximate surface area is 129 Å². The first-order chi connectivity index (χ1) is 10.4. The van der Waals surface area contributed by atoms with Gasteiger partial charge in [-0.2, -0.15) is 4.31 Å². The fourth-order valence-electron chi connectivity index (χ4n) is 3.70. The Bertz CT molecular complexity index is 706. The summed E-state index contributed by atoms with van der Waals surface area (Å²) in [5.41, 5.74) is 5.64. The molecule has 0 bridgehead atoms. The Hall–Kier alpha value is -1.51. The van der Waals surface area contributed by atoms with Gasteiger partial charge in [0.2, 0.25) is 10.0 Å². The summed E-state index contributed by atoms with van der Waals surface area (Å²) in [5.74, 6) is 0. The number of sulfonamides is 1. The van der Waals surface area contributed by atoms with E-state index in [-0.39, 0.29) is 22.0 Å². The fraction of sp³-hybridized carbons (Fsp3) is 0.571. The van der Waals surface area contributed by atoms with E-state index in [1.165, 1.54) is 28.6 Å². The second-order valence-electron chi connectivity index (χ2n) is 6.17. The number of nitro groups is 1. The summed E-state index contributed by atoms with van der Waals surface area (Å²) in [6.45, 7) is 0.741. The van der Waals surface area contributed by atoms with Gasteiger partial charge in [-0.1, -0.05) is 18.6 Å². The lowest BCUT2D eigenvalue weighted by atomic mass is 9.82. The molecule has 1 aliphatic heterocycles. The van der Waals surface area contributed by atoms with Crippen LogP contribution in [0.3, 0.4) is 0 Å². The SMILES string of the molecule is NC1CCCC12CCN(S(=O)(=O)c1ccccc1[N+](=O)[O-])C2. The summed E-state index contributed by atoms with van der Waals surface area (Å²) in [6.07, 6.45) is 3.59. The van der Waals surface area contributed by atoms with E-state index in [4.69, 9.17) is 5.73 Å². The van der Waals surface area contributed by atoms with Gasteiger partial charge in [-0.25, -0.2) is 8.42 Å². The summed E-state index contributed by atoms with van der Waals surface area (Å²) in [4.78, 5) is 10.2. The summed E-state index contributed by atoms with van der Waals surface area (Å²) < 4.78 is 26.9. The smallest absolute Gasteiger partial charge is 0.289 e. The highest BCUT2D eigenvalue weighted by molar-refractivity contribution is 7.89. The summed E-state index contributed by atoms with van der Waals surface area (Å²) in [7, 11) is -3.87. The molecule has 1 aromatic rings. The van der Waals surface area contributed by atoms with Crippen molar-refractivity contribution in [2.24, 2.45) is 11.1 Å². The minimum absolute atomic E-state index is 0.0125. The molecule has 2 N–H and O–H groups in total. The Kier molecular flexibility index (Phi) is 3.70. The third-order valence-electron chi connectivity index (χ3n) is 5.01. The van der Waals surface area contributed by atoms with Gasteiger partial charge in [0.15, 0.2) is 4.90 Å². The Morgan fingerprint density at radius 1 is 1.32 bits per heavy atom. The highest BCUT2D eigenvalue weighted by atomic mass is 32.2. The third kappa shape index (κ3) is 2.31. The van der Waals surface area contributed by atoms with Crippen molar-refractivity contribution < 1.29 is 13.3 Å². The van der Waals surface area contributed by atoms with Crippen molar-refractivity contribution in [3.8, 4) is 0 Å². The van der Waals surface area contributed by atoms with E-state index in [2.05, 4.69) is 0 Å². The molecule has 1 saturated heterocycles. The van der Waals surface area contributed by atoms with Crippen LogP contribution in [0.5, 0.6) is 0 Å². The molecular formula is C14H19N3O4S. The van der Waals surface area contributed by atoms with Crippen LogP contribution in [-0.4, -0.2) is 36.8 Å². The first kappa shape index (κ1) is 15.4. The van der Waals surface area contributed by atoms with Gasteiger partial charge < -0.3 is 5.73 Å². The maximum Gasteiger partial charge on any atom is 0.289 e. The van der Waals surface area contributed by atoms with Crippen LogP contribution in [0.15, 0.2) is 29.2 Å². The number of benzene rings is 1. The first-order valence-electron chi connectivity index (χ1n) is 7.36. The molecule has 0 radical (unpaired) electrons. The van der Waals surface area contributed by atoms with Crippen LogP contribution in [-0.2, 0) is 10.0 Å². The largest absolute Gasteiger partial charge is 0.327 e. The van der Waals surface area contributed by atoms with Crippen molar-refractivity contribution in [2.75, 3.05) is 13.1 Å². The van der Waals surface area contributed by atoms with Crippen molar-refractivity contribution in [1.82, 2.24) is 4.31 Å². The molecule has 2 unspecified atom stereocenters. The van der Waals surface area contributed by atoms with Gasteiger partial charge in [0.05, 0.1) is 4.92 Å². The summed E-state index contributed by atoms with van der Waals surface area (Å²) >= 11 is 0. The van der Waals surface area contributed by atoms with Gasteiger partial charge >= 0.3 is 0 Å². The van der Waals surface area contributed by atoms with Crippen molar-refractivity contribution in [1.29, 1.82) is 0 Å². The van der Waals surface area contributed by atoms with Crippen LogP contribution in [0.2, 0.25) is 0 Å². The lowest BCUT2D eigenvalue weighted by molar-refractivity contribution is -0.387. The van der Waals surface area contributed by atoms with E-state index >= 15 is 0 Å². The molecule has 2 fully saturated rings. The van der Waals surface area contributed by atoms with Crippen molar-refractivity contribution in [3.63, 3.8) is 0 Å². The Morgan fingerprint density at radius 2 is 2.05 bits per heavy atom. The highest BCUT2D eigenvalue weighted by Crippen LogP contribution is 2.46. The van der Waals surface area contributed by atoms with Crippen LogP contribution in [0.4, 0.5) is 5.69 Å². The molecule has 7 nitrogen and oxygen atoms in total. The van der Waals surface area contributed by atoms with E-state index in [9.17, 15) is 18.5 Å². The van der Waals surface area contributed by atoms with Crippen LogP contribution in [0, 0.1) is 15.5 Å². The third-order valence-corrected chi connectivity index (χ3v) is 6.90. The molecule has 1 heterocycles. The van der Waals surface area contributed by atoms with Crippen LogP contribution in [0.25, 0.3) is 0 Å². The molecule has 2 atom stereocenters. The fourth-order valence-corrected chi connectivity index (χ4v) is 5.39. The summed E-state index contributed by atoms with van der Waals surface area (Å²) in [6, 6.07) is 5.51. The molecule has 0 aromatic heterocycles. The van der Waals surface area contributed by atoms with Crippen molar-refractivity contribution in [2.45, 2.75) is 36.6 Å². The molecule has 1 spiro atoms. The molecule has 1 aliphatic carbocycles. The van der Waals surface area contributed by atoms with Gasteiger partial charge in [0, 0.05) is 30.6 Å². The van der Waals surface area contributed by atoms with E-state index in [0.29, 0.717) is 13.1 Å². The average molecular weight is 325 g/mol. The Morgan fingerprint density at radius 3 is 2.68 bits per heavy atom. The summed E-state index contributed by atoms with van der Waals surface area (Å²) in [5, 5.41) is 11.1. The van der Waals surface area contributed by atoms with Crippen LogP contribution >= 0.6 is 0 Å². The minimum Gasteiger partial charge on any atom is -0.327 e. The topological polar surface area (TPSA) is 107 Å². The number of nitro benzene ring substituents is 1. The van der Waals surface area contributed by atoms with Gasteiger partial charge in [-0.3, -0.25) is 10.1 Å². The normalized spacial score (nSPS) is 29.2. The molecule has 3 rings (SSSR count). The van der Waals surface area contributed by atoms with E-state index in [1.807, 2.05) is 0 Å². The number of hydrogen-bond donors (Lipinski definition) is 1. The standard InChI is InChI=1S/C14H19N3O4S/c15-13-6-3-7-14(13)8-9-16(10-14)22(20,21)12-5-2-1-4-11(12)17(18)19/h1-2,4-5,13H,3,6-10,15H2. The van der Waals surface area contributed by atoms with Gasteiger partial charge in [0.25, 0.3) is 5.69 Å². The second-order valence-corrected chi connectivity index (χ2v) is 8.08. The molecule has 22 heavy (non-hydrogen) atoms. The zero-order valence-corrected chi connectivity index (χ0v) is 13.0. The zero-order valence-electron chi connectivity index (χ0n) is 12.1. The quantitative estimate of drug-likeness (QED) is 0.669. The van der Waals surface area contributed by atoms with Crippen LogP contribution in [0.1, 0.15) is 25.7 Å². The molecular weight excluding hydrogens is 306 g/mol. The van der Waals surface area contributed by atoms with Gasteiger partial charge in [0.1, 0.15) is 0 Å². The first-order valence-corrected chi connectivity index (χ1v) is 8.80. The second kappa shape index (κ2) is 5.29. The van der Waals surface area contributed by atoms with Crippen molar-refractivity contribution in [3.05, 3.63) is 34.4 Å². The molecule has 120 valence electrons. The molecule has 1 saturated carbocycles. The monoisotopic (exact) mass is 325 g/mol. The lowest BCUT2D eigenvalue weighted by Gasteiger charge is -2.28. The Balaban J connectivity index is 1.94. The predicted molar refractivity (Wildman–Crippen MR) is 80.7 cm³/mol. The van der Waals surface area contributed by atoms with E-state index < -0.39 is 14.9 Å². The predicted octanol–water partition coefficient (Wildman–Crippen LogP) is 1.49. The average Bonchev–Trinajstić information content (AvgIpc) is 3.08. The molecule has 8 heteroatoms. The van der Waals surface area contributed by atoms with E-state index in [1.54, 1.807) is 0 Å². The number of nitrogens with two attached hydrogens (primary N) is 1. The molecule has 1 aromatic carbocycles. The number of para-hydroxylation sites is 1. The lowest BCUT2D eigenvalue weighted by Crippen LogP contribution is -2.40. The molecule has 2 aliphatic rings. The number of hydrogen-bond acceptors (Lipinski definition) is 5. The maximum atomic E-state index is 12.8. The van der Waals surface area contributed by atoms with E-state index in [0.717, 1.165) is 25.7 Å².